The lowest BCUT2D eigenvalue weighted by Gasteiger charge is -2.32. The molecule has 0 radical (unpaired) electrons. The number of carboxylic acids is 3. The van der Waals surface area contributed by atoms with Gasteiger partial charge in [0.1, 0.15) is 18.1 Å². The minimum atomic E-state index is -1.04. The second-order valence-electron chi connectivity index (χ2n) is 11.4. The van der Waals surface area contributed by atoms with Crippen molar-refractivity contribution in [3.63, 3.8) is 0 Å². The number of aliphatic carboxylic acids is 3. The molecule has 3 rings (SSSR count). The number of primary amides is 1. The van der Waals surface area contributed by atoms with Gasteiger partial charge >= 0.3 is 24.1 Å². The summed E-state index contributed by atoms with van der Waals surface area (Å²) in [7, 11) is 0. The number of ether oxygens (including phenoxy) is 3. The fraction of sp³-hybridized carbons (Fsp3) is 0.516. The van der Waals surface area contributed by atoms with Crippen molar-refractivity contribution in [1.82, 2.24) is 29.9 Å². The molecule has 19 nitrogen and oxygen atoms in total. The summed E-state index contributed by atoms with van der Waals surface area (Å²) in [5, 5.41) is 31.4. The maximum atomic E-state index is 12.7. The van der Waals surface area contributed by atoms with Gasteiger partial charge in [-0.15, -0.1) is 0 Å². The van der Waals surface area contributed by atoms with Gasteiger partial charge in [-0.1, -0.05) is 6.07 Å². The monoisotopic (exact) mass is 705 g/mol. The minimum absolute atomic E-state index is 0.0287. The number of nitrogens with zero attached hydrogens (tertiary/aromatic N) is 5. The van der Waals surface area contributed by atoms with Gasteiger partial charge in [0, 0.05) is 64.3 Å². The fourth-order valence-corrected chi connectivity index (χ4v) is 5.02. The molecule has 1 saturated heterocycles. The van der Waals surface area contributed by atoms with Crippen molar-refractivity contribution in [3.8, 4) is 5.75 Å². The van der Waals surface area contributed by atoms with Crippen LogP contribution >= 0.6 is 0 Å². The van der Waals surface area contributed by atoms with Crippen molar-refractivity contribution < 1.29 is 58.3 Å². The summed E-state index contributed by atoms with van der Waals surface area (Å²) in [6.07, 6.45) is -0.949. The zero-order chi connectivity index (χ0) is 36.5. The molecule has 6 N–H and O–H groups in total. The number of nitrogens with one attached hydrogen (secondary N) is 1. The van der Waals surface area contributed by atoms with E-state index < -0.39 is 30.0 Å². The van der Waals surface area contributed by atoms with Crippen molar-refractivity contribution >= 4 is 46.8 Å². The molecule has 19 heteroatoms. The van der Waals surface area contributed by atoms with E-state index in [9.17, 15) is 44.1 Å². The quantitative estimate of drug-likeness (QED) is 0.0753. The molecular formula is C31H43N7O12. The van der Waals surface area contributed by atoms with Crippen LogP contribution in [0, 0.1) is 0 Å². The van der Waals surface area contributed by atoms with Gasteiger partial charge in [0.2, 0.25) is 5.91 Å². The highest BCUT2D eigenvalue weighted by Crippen LogP contribution is 2.20. The van der Waals surface area contributed by atoms with E-state index in [1.807, 2.05) is 0 Å². The van der Waals surface area contributed by atoms with Crippen LogP contribution in [0.2, 0.25) is 0 Å². The number of carbonyl (C=O) groups is 6. The van der Waals surface area contributed by atoms with E-state index in [0.717, 1.165) is 0 Å². The normalized spacial score (nSPS) is 15.8. The Bertz CT molecular complexity index is 1460. The van der Waals surface area contributed by atoms with Crippen LogP contribution in [0.3, 0.4) is 0 Å². The van der Waals surface area contributed by atoms with Crippen LogP contribution in [-0.2, 0) is 28.7 Å². The van der Waals surface area contributed by atoms with E-state index in [4.69, 9.17) is 19.9 Å². The molecule has 0 aliphatic carbocycles. The first kappa shape index (κ1) is 39.5. The molecule has 2 heterocycles. The lowest BCUT2D eigenvalue weighted by molar-refractivity contribution is -0.140. The number of amides is 2. The molecule has 0 spiro atoms. The van der Waals surface area contributed by atoms with E-state index in [1.54, 1.807) is 37.8 Å². The molecular weight excluding hydrogens is 662 g/mol. The first-order chi connectivity index (χ1) is 23.9. The summed E-state index contributed by atoms with van der Waals surface area (Å²) in [6, 6.07) is 7.71. The summed E-state index contributed by atoms with van der Waals surface area (Å²) in [5.41, 5.74) is 5.85. The average molecular weight is 706 g/mol. The molecule has 2 aromatic rings. The summed E-state index contributed by atoms with van der Waals surface area (Å²) < 4.78 is 15.6. The molecule has 0 atom stereocenters. The second-order valence-corrected chi connectivity index (χ2v) is 11.4. The molecule has 2 amide bonds. The molecule has 274 valence electrons. The maximum absolute atomic E-state index is 12.7. The van der Waals surface area contributed by atoms with Crippen molar-refractivity contribution in [1.29, 1.82) is 0 Å². The summed E-state index contributed by atoms with van der Waals surface area (Å²) >= 11 is 0. The third-order valence-corrected chi connectivity index (χ3v) is 7.50. The van der Waals surface area contributed by atoms with Gasteiger partial charge in [0.05, 0.1) is 44.9 Å². The summed E-state index contributed by atoms with van der Waals surface area (Å²) in [5.74, 6) is -3.88. The van der Waals surface area contributed by atoms with Gasteiger partial charge in [0.25, 0.3) is 5.91 Å². The molecule has 1 aromatic carbocycles. The van der Waals surface area contributed by atoms with Crippen LogP contribution in [-0.4, -0.2) is 181 Å². The maximum Gasteiger partial charge on any atom is 0.513 e. The topological polar surface area (TPSA) is 255 Å². The Morgan fingerprint density at radius 2 is 1.22 bits per heavy atom. The van der Waals surface area contributed by atoms with Gasteiger partial charge in [-0.05, 0) is 24.3 Å². The van der Waals surface area contributed by atoms with Crippen LogP contribution < -0.4 is 15.8 Å². The Kier molecular flexibility index (Phi) is 16.2. The second kappa shape index (κ2) is 20.5. The Morgan fingerprint density at radius 3 is 1.72 bits per heavy atom. The van der Waals surface area contributed by atoms with Crippen LogP contribution in [0.15, 0.2) is 30.3 Å². The molecule has 0 unspecified atom stereocenters. The Morgan fingerprint density at radius 1 is 0.700 bits per heavy atom. The number of carboxylic acid groups (broad SMARTS) is 3. The highest BCUT2D eigenvalue weighted by Gasteiger charge is 2.21. The number of hydrogen-bond acceptors (Lipinski definition) is 14. The minimum Gasteiger partial charge on any atom is -0.480 e. The number of pyridine rings is 1. The van der Waals surface area contributed by atoms with E-state index in [-0.39, 0.29) is 96.1 Å². The zero-order valence-corrected chi connectivity index (χ0v) is 27.5. The van der Waals surface area contributed by atoms with Crippen molar-refractivity contribution in [2.75, 3.05) is 105 Å². The number of nitrogens with two attached hydrogens (primary N) is 1. The van der Waals surface area contributed by atoms with Crippen LogP contribution in [0.4, 0.5) is 4.79 Å². The SMILES string of the molecule is NC(=O)c1ccc2cc(OC(=O)OCCOCCNC(=O)CN3CCN(CC(=O)O)CCN(CC(=O)O)CCN(CC(=O)O)CC3)ccc2n1. The van der Waals surface area contributed by atoms with Gasteiger partial charge in [-0.25, -0.2) is 9.78 Å². The number of aromatic nitrogens is 1. The van der Waals surface area contributed by atoms with Gasteiger partial charge in [-0.3, -0.25) is 43.6 Å². The predicted molar refractivity (Wildman–Crippen MR) is 175 cm³/mol. The van der Waals surface area contributed by atoms with E-state index in [1.165, 1.54) is 12.1 Å². The first-order valence-corrected chi connectivity index (χ1v) is 15.8. The van der Waals surface area contributed by atoms with Gasteiger partial charge < -0.3 is 40.6 Å². The smallest absolute Gasteiger partial charge is 0.480 e. The Balaban J connectivity index is 1.40. The number of hydrogen-bond donors (Lipinski definition) is 5. The lowest BCUT2D eigenvalue weighted by Crippen LogP contribution is -2.50. The van der Waals surface area contributed by atoms with E-state index in [2.05, 4.69) is 10.3 Å². The standard InChI is InChI=1S/C31H43N7O12/c32-30(46)25-3-1-22-17-23(2-4-24(22)34-25)50-31(47)49-16-15-48-14-5-33-26(39)18-35-6-8-36(19-27(40)41)10-12-38(21-29(44)45)13-11-37(9-7-35)20-28(42)43/h1-4,17H,5-16,18-21H2,(H2,32,46)(H,33,39)(H,40,41)(H,42,43)(H,44,45). The van der Waals surface area contributed by atoms with E-state index in [0.29, 0.717) is 37.1 Å². The molecule has 1 aliphatic heterocycles. The first-order valence-electron chi connectivity index (χ1n) is 15.8. The van der Waals surface area contributed by atoms with Crippen molar-refractivity contribution in [2.24, 2.45) is 5.73 Å². The largest absolute Gasteiger partial charge is 0.513 e. The summed E-state index contributed by atoms with van der Waals surface area (Å²) in [6.45, 7) is 1.74. The number of benzene rings is 1. The molecule has 1 aromatic heterocycles. The van der Waals surface area contributed by atoms with E-state index >= 15 is 0 Å². The van der Waals surface area contributed by atoms with Crippen LogP contribution in [0.25, 0.3) is 10.9 Å². The van der Waals surface area contributed by atoms with Crippen molar-refractivity contribution in [2.45, 2.75) is 0 Å². The number of carbonyl (C=O) groups excluding carboxylic acids is 3. The molecule has 0 saturated carbocycles. The summed E-state index contributed by atoms with van der Waals surface area (Å²) in [4.78, 5) is 81.2. The van der Waals surface area contributed by atoms with Gasteiger partial charge in [-0.2, -0.15) is 0 Å². The molecule has 1 aliphatic rings. The lowest BCUT2D eigenvalue weighted by atomic mass is 10.2. The molecule has 0 bridgehead atoms. The Labute approximate surface area is 287 Å². The van der Waals surface area contributed by atoms with Gasteiger partial charge in [0.15, 0.2) is 0 Å². The van der Waals surface area contributed by atoms with Crippen LogP contribution in [0.5, 0.6) is 5.75 Å². The Hall–Kier alpha value is -4.95. The van der Waals surface area contributed by atoms with Crippen molar-refractivity contribution in [3.05, 3.63) is 36.0 Å². The average Bonchev–Trinajstić information content (AvgIpc) is 3.04. The highest BCUT2D eigenvalue weighted by molar-refractivity contribution is 5.94. The fourth-order valence-electron chi connectivity index (χ4n) is 5.02. The third-order valence-electron chi connectivity index (χ3n) is 7.50. The van der Waals surface area contributed by atoms with Crippen LogP contribution in [0.1, 0.15) is 10.5 Å². The zero-order valence-electron chi connectivity index (χ0n) is 27.5. The molecule has 1 fully saturated rings. The predicted octanol–water partition coefficient (Wildman–Crippen LogP) is -1.54. The molecule has 50 heavy (non-hydrogen) atoms. The highest BCUT2D eigenvalue weighted by atomic mass is 16.7. The number of rotatable bonds is 16. The third kappa shape index (κ3) is 15.1. The number of fused-ring (bicyclic) bond motifs is 1.